The summed E-state index contributed by atoms with van der Waals surface area (Å²) in [5.74, 6) is -0.0705. The van der Waals surface area contributed by atoms with Crippen molar-refractivity contribution in [2.75, 3.05) is 43.0 Å². The largest absolute Gasteiger partial charge is 0.423 e. The van der Waals surface area contributed by atoms with E-state index in [0.29, 0.717) is 57.5 Å². The number of benzene rings is 2. The summed E-state index contributed by atoms with van der Waals surface area (Å²) in [5.41, 5.74) is -0.451. The van der Waals surface area contributed by atoms with E-state index in [0.717, 1.165) is 17.8 Å². The second-order valence-electron chi connectivity index (χ2n) is 9.41. The van der Waals surface area contributed by atoms with Gasteiger partial charge < -0.3 is 19.9 Å². The van der Waals surface area contributed by atoms with E-state index in [-0.39, 0.29) is 30.3 Å². The normalized spacial score (nSPS) is 20.1. The second-order valence-corrected chi connectivity index (χ2v) is 9.41. The zero-order valence-corrected chi connectivity index (χ0v) is 20.6. The van der Waals surface area contributed by atoms with Crippen LogP contribution >= 0.6 is 0 Å². The Morgan fingerprint density at radius 3 is 2.32 bits per heavy atom. The number of ether oxygens (including phenoxy) is 1. The van der Waals surface area contributed by atoms with Crippen molar-refractivity contribution in [3.8, 4) is 0 Å². The molecule has 1 N–H and O–H groups in total. The molecule has 2 aliphatic rings. The molecule has 1 saturated carbocycles. The van der Waals surface area contributed by atoms with E-state index in [2.05, 4.69) is 15.1 Å². The van der Waals surface area contributed by atoms with Crippen LogP contribution in [0.3, 0.4) is 0 Å². The van der Waals surface area contributed by atoms with E-state index in [1.807, 2.05) is 12.1 Å². The van der Waals surface area contributed by atoms with Gasteiger partial charge in [-0.05, 0) is 49.9 Å². The Morgan fingerprint density at radius 2 is 1.74 bits per heavy atom. The molecule has 1 aliphatic carbocycles. The highest BCUT2D eigenvalue weighted by molar-refractivity contribution is 5.77. The lowest BCUT2D eigenvalue weighted by Gasteiger charge is -2.36. The van der Waals surface area contributed by atoms with E-state index >= 15 is 0 Å². The zero-order valence-electron chi connectivity index (χ0n) is 20.6. The quantitative estimate of drug-likeness (QED) is 0.298. The van der Waals surface area contributed by atoms with Crippen molar-refractivity contribution in [1.82, 2.24) is 4.90 Å². The van der Waals surface area contributed by atoms with Gasteiger partial charge >= 0.3 is 6.18 Å². The molecule has 4 rings (SSSR count). The Kier molecular flexibility index (Phi) is 8.36. The molecular formula is C26H28F3N5O4. The number of carbonyl (C=O) groups is 1. The predicted molar refractivity (Wildman–Crippen MR) is 135 cm³/mol. The van der Waals surface area contributed by atoms with Crippen LogP contribution in [0.1, 0.15) is 31.2 Å². The highest BCUT2D eigenvalue weighted by atomic mass is 19.4. The van der Waals surface area contributed by atoms with Crippen LogP contribution in [-0.2, 0) is 15.7 Å². The van der Waals surface area contributed by atoms with Crippen LogP contribution in [0.2, 0.25) is 0 Å². The van der Waals surface area contributed by atoms with Gasteiger partial charge in [0.15, 0.2) is 5.69 Å². The maximum absolute atomic E-state index is 13.2. The summed E-state index contributed by atoms with van der Waals surface area (Å²) in [5, 5.41) is 14.0. The van der Waals surface area contributed by atoms with E-state index in [1.165, 1.54) is 6.07 Å². The Morgan fingerprint density at radius 1 is 1.08 bits per heavy atom. The van der Waals surface area contributed by atoms with Crippen molar-refractivity contribution in [1.29, 1.82) is 0 Å². The maximum atomic E-state index is 13.2. The Bertz CT molecular complexity index is 1180. The van der Waals surface area contributed by atoms with Crippen LogP contribution in [0, 0.1) is 16.7 Å². The van der Waals surface area contributed by atoms with Gasteiger partial charge in [-0.2, -0.15) is 13.2 Å². The third kappa shape index (κ3) is 6.72. The van der Waals surface area contributed by atoms with Gasteiger partial charge in [-0.3, -0.25) is 14.9 Å². The van der Waals surface area contributed by atoms with Gasteiger partial charge in [-0.15, -0.1) is 0 Å². The summed E-state index contributed by atoms with van der Waals surface area (Å²) >= 11 is 0. The fourth-order valence-electron chi connectivity index (χ4n) is 4.85. The summed E-state index contributed by atoms with van der Waals surface area (Å²) in [7, 11) is 0. The fourth-order valence-corrected chi connectivity index (χ4v) is 4.85. The zero-order chi connectivity index (χ0) is 27.3. The lowest BCUT2D eigenvalue weighted by molar-refractivity contribution is -0.388. The average Bonchev–Trinajstić information content (AvgIpc) is 2.92. The molecule has 202 valence electrons. The molecule has 0 radical (unpaired) electrons. The predicted octanol–water partition coefficient (Wildman–Crippen LogP) is 5.25. The molecular weight excluding hydrogens is 503 g/mol. The Labute approximate surface area is 218 Å². The molecule has 1 heterocycles. The average molecular weight is 532 g/mol. The van der Waals surface area contributed by atoms with Gasteiger partial charge in [-0.25, -0.2) is 4.85 Å². The molecule has 0 aromatic heterocycles. The fraction of sp³-hybridized carbons (Fsp3) is 0.462. The van der Waals surface area contributed by atoms with Gasteiger partial charge in [0.1, 0.15) is 12.2 Å². The number of amides is 1. The summed E-state index contributed by atoms with van der Waals surface area (Å²) in [6, 6.07) is 10.2. The number of alkyl halides is 3. The van der Waals surface area contributed by atoms with Crippen LogP contribution in [0.15, 0.2) is 42.5 Å². The molecule has 9 nitrogen and oxygen atoms in total. The summed E-state index contributed by atoms with van der Waals surface area (Å²) in [4.78, 5) is 29.9. The van der Waals surface area contributed by atoms with E-state index < -0.39 is 22.4 Å². The Hall–Kier alpha value is -3.85. The number of hydrogen-bond donors (Lipinski definition) is 1. The molecule has 1 aliphatic heterocycles. The summed E-state index contributed by atoms with van der Waals surface area (Å²) in [6.45, 7) is 9.58. The lowest BCUT2D eigenvalue weighted by Crippen LogP contribution is -2.50. The first-order valence-electron chi connectivity index (χ1n) is 12.4. The number of nitro benzene ring substituents is 1. The molecule has 0 spiro atoms. The minimum atomic E-state index is -4.82. The van der Waals surface area contributed by atoms with Crippen LogP contribution in [0.25, 0.3) is 4.85 Å². The SMILES string of the molecule is [C-]#[N+]c1ccc(N2CCN(C(=O)COC3CCC(Nc4ccc([N+](=O)[O-])c(C(F)(F)F)c4)CC3)CC2)cc1. The first kappa shape index (κ1) is 27.2. The highest BCUT2D eigenvalue weighted by Crippen LogP contribution is 2.38. The van der Waals surface area contributed by atoms with Crippen molar-refractivity contribution in [2.45, 2.75) is 44.0 Å². The van der Waals surface area contributed by atoms with Crippen LogP contribution in [-0.4, -0.2) is 60.7 Å². The number of nitrogens with zero attached hydrogens (tertiary/aromatic N) is 4. The summed E-state index contributed by atoms with van der Waals surface area (Å²) in [6.07, 6.45) is -2.35. The minimum Gasteiger partial charge on any atom is -0.382 e. The lowest BCUT2D eigenvalue weighted by atomic mass is 9.92. The smallest absolute Gasteiger partial charge is 0.382 e. The van der Waals surface area contributed by atoms with Gasteiger partial charge in [0, 0.05) is 49.7 Å². The number of rotatable bonds is 7. The van der Waals surface area contributed by atoms with Gasteiger partial charge in [0.25, 0.3) is 5.69 Å². The molecule has 0 atom stereocenters. The first-order valence-corrected chi connectivity index (χ1v) is 12.4. The summed E-state index contributed by atoms with van der Waals surface area (Å²) < 4.78 is 45.6. The molecule has 0 unspecified atom stereocenters. The number of piperazine rings is 1. The highest BCUT2D eigenvalue weighted by Gasteiger charge is 2.38. The molecule has 1 saturated heterocycles. The number of nitrogens with one attached hydrogen (secondary N) is 1. The van der Waals surface area contributed by atoms with E-state index in [1.54, 1.807) is 17.0 Å². The maximum Gasteiger partial charge on any atom is 0.423 e. The molecule has 2 fully saturated rings. The van der Waals surface area contributed by atoms with Crippen molar-refractivity contribution >= 4 is 28.7 Å². The van der Waals surface area contributed by atoms with E-state index in [4.69, 9.17) is 11.3 Å². The number of hydrogen-bond acceptors (Lipinski definition) is 6. The first-order chi connectivity index (χ1) is 18.1. The minimum absolute atomic E-state index is 0.0141. The van der Waals surface area contributed by atoms with Gasteiger partial charge in [0.05, 0.1) is 17.6 Å². The molecule has 2 aromatic rings. The molecule has 12 heteroatoms. The standard InChI is InChI=1S/C26H28F3N5O4/c1-30-18-2-7-21(8-3-18)32-12-14-33(15-13-32)25(35)17-38-22-9-4-19(5-10-22)31-20-6-11-24(34(36)37)23(16-20)26(27,28)29/h2-3,6-8,11,16,19,22,31H,4-5,9-10,12-15,17H2. The number of anilines is 2. The van der Waals surface area contributed by atoms with Gasteiger partial charge in [-0.1, -0.05) is 12.1 Å². The van der Waals surface area contributed by atoms with E-state index in [9.17, 15) is 28.1 Å². The topological polar surface area (TPSA) is 92.3 Å². The number of nitro groups is 1. The second kappa shape index (κ2) is 11.7. The third-order valence-electron chi connectivity index (χ3n) is 6.96. The van der Waals surface area contributed by atoms with Crippen LogP contribution in [0.5, 0.6) is 0 Å². The third-order valence-corrected chi connectivity index (χ3v) is 6.96. The number of carbonyl (C=O) groups excluding carboxylic acids is 1. The monoisotopic (exact) mass is 531 g/mol. The molecule has 0 bridgehead atoms. The van der Waals surface area contributed by atoms with Crippen molar-refractivity contribution < 1.29 is 27.6 Å². The van der Waals surface area contributed by atoms with Crippen LogP contribution < -0.4 is 10.2 Å². The number of halogens is 3. The molecule has 2 aromatic carbocycles. The van der Waals surface area contributed by atoms with Crippen molar-refractivity contribution in [3.63, 3.8) is 0 Å². The molecule has 1 amide bonds. The van der Waals surface area contributed by atoms with Crippen molar-refractivity contribution in [2.24, 2.45) is 0 Å². The Balaban J connectivity index is 1.20. The van der Waals surface area contributed by atoms with Crippen LogP contribution in [0.4, 0.5) is 35.9 Å². The molecule has 38 heavy (non-hydrogen) atoms. The van der Waals surface area contributed by atoms with Crippen molar-refractivity contribution in [3.05, 3.63) is 69.6 Å². The van der Waals surface area contributed by atoms with Gasteiger partial charge in [0.2, 0.25) is 5.91 Å².